The molecule has 0 radical (unpaired) electrons. The Morgan fingerprint density at radius 2 is 2.23 bits per heavy atom. The van der Waals surface area contributed by atoms with Crippen molar-refractivity contribution in [1.29, 1.82) is 0 Å². The van der Waals surface area contributed by atoms with Crippen molar-refractivity contribution in [2.75, 3.05) is 6.61 Å². The van der Waals surface area contributed by atoms with Gasteiger partial charge in [-0.2, -0.15) is 0 Å². The largest absolute Gasteiger partial charge is 0.394 e. The molecule has 0 amide bonds. The van der Waals surface area contributed by atoms with Crippen LogP contribution < -0.4 is 0 Å². The molecule has 3 heteroatoms. The van der Waals surface area contributed by atoms with Crippen molar-refractivity contribution in [2.24, 2.45) is 11.3 Å². The Bertz CT molecular complexity index is 198. The standard InChI is InChI=1S/C10H18O3/c1-10(2)5-3-4-7(9(10)13)8(12)6-11/h7-8,11-12H,3-6H2,1-2H3. The third-order valence-corrected chi connectivity index (χ3v) is 2.97. The molecule has 0 aromatic heterocycles. The van der Waals surface area contributed by atoms with Crippen LogP contribution in [0, 0.1) is 11.3 Å². The van der Waals surface area contributed by atoms with E-state index < -0.39 is 6.10 Å². The molecule has 2 unspecified atom stereocenters. The Labute approximate surface area is 78.8 Å². The van der Waals surface area contributed by atoms with Crippen LogP contribution in [0.1, 0.15) is 33.1 Å². The summed E-state index contributed by atoms with van der Waals surface area (Å²) in [5.41, 5.74) is -0.320. The van der Waals surface area contributed by atoms with Crippen LogP contribution in [0.3, 0.4) is 0 Å². The van der Waals surface area contributed by atoms with Crippen LogP contribution in [0.4, 0.5) is 0 Å². The number of Topliss-reactive ketones (excluding diaryl/α,β-unsaturated/α-hetero) is 1. The molecule has 0 aromatic carbocycles. The third-order valence-electron chi connectivity index (χ3n) is 2.97. The minimum Gasteiger partial charge on any atom is -0.394 e. The maximum absolute atomic E-state index is 11.8. The third kappa shape index (κ3) is 2.09. The number of hydrogen-bond donors (Lipinski definition) is 2. The summed E-state index contributed by atoms with van der Waals surface area (Å²) in [6.07, 6.45) is 1.69. The monoisotopic (exact) mass is 186 g/mol. The zero-order chi connectivity index (χ0) is 10.1. The van der Waals surface area contributed by atoms with Crippen molar-refractivity contribution < 1.29 is 15.0 Å². The SMILES string of the molecule is CC1(C)CCCC(C(O)CO)C1=O. The molecular formula is C10H18O3. The van der Waals surface area contributed by atoms with Gasteiger partial charge in [0, 0.05) is 11.3 Å². The second kappa shape index (κ2) is 3.76. The first kappa shape index (κ1) is 10.7. The first-order valence-corrected chi connectivity index (χ1v) is 4.82. The first-order valence-electron chi connectivity index (χ1n) is 4.82. The molecule has 1 aliphatic rings. The number of ketones is 1. The van der Waals surface area contributed by atoms with Gasteiger partial charge in [-0.15, -0.1) is 0 Å². The molecule has 1 fully saturated rings. The van der Waals surface area contributed by atoms with E-state index >= 15 is 0 Å². The van der Waals surface area contributed by atoms with Crippen molar-refractivity contribution >= 4 is 5.78 Å². The van der Waals surface area contributed by atoms with E-state index in [4.69, 9.17) is 5.11 Å². The fourth-order valence-electron chi connectivity index (χ4n) is 2.01. The van der Waals surface area contributed by atoms with Crippen LogP contribution in [0.15, 0.2) is 0 Å². The number of rotatable bonds is 2. The van der Waals surface area contributed by atoms with E-state index in [0.717, 1.165) is 12.8 Å². The molecule has 2 N–H and O–H groups in total. The lowest BCUT2D eigenvalue weighted by atomic mass is 9.69. The van der Waals surface area contributed by atoms with Gasteiger partial charge in [-0.25, -0.2) is 0 Å². The molecule has 0 saturated heterocycles. The van der Waals surface area contributed by atoms with Crippen molar-refractivity contribution in [3.8, 4) is 0 Å². The Hall–Kier alpha value is -0.410. The van der Waals surface area contributed by atoms with Gasteiger partial charge < -0.3 is 10.2 Å². The van der Waals surface area contributed by atoms with Crippen molar-refractivity contribution in [3.63, 3.8) is 0 Å². The van der Waals surface area contributed by atoms with E-state index in [0.29, 0.717) is 6.42 Å². The van der Waals surface area contributed by atoms with E-state index in [1.165, 1.54) is 0 Å². The number of hydrogen-bond acceptors (Lipinski definition) is 3. The predicted octanol–water partition coefficient (Wildman–Crippen LogP) is 0.735. The Balaban J connectivity index is 2.71. The summed E-state index contributed by atoms with van der Waals surface area (Å²) in [6, 6.07) is 0. The Morgan fingerprint density at radius 3 is 2.77 bits per heavy atom. The van der Waals surface area contributed by atoms with Crippen LogP contribution in [-0.4, -0.2) is 28.7 Å². The van der Waals surface area contributed by atoms with Gasteiger partial charge in [0.15, 0.2) is 0 Å². The highest BCUT2D eigenvalue weighted by Crippen LogP contribution is 2.36. The molecule has 76 valence electrons. The van der Waals surface area contributed by atoms with Gasteiger partial charge in [0.1, 0.15) is 5.78 Å². The van der Waals surface area contributed by atoms with E-state index in [9.17, 15) is 9.90 Å². The average Bonchev–Trinajstić information content (AvgIpc) is 2.08. The number of aliphatic hydroxyl groups excluding tert-OH is 2. The summed E-state index contributed by atoms with van der Waals surface area (Å²) in [5.74, 6) is -0.256. The molecule has 1 saturated carbocycles. The minimum atomic E-state index is -0.868. The lowest BCUT2D eigenvalue weighted by molar-refractivity contribution is -0.139. The van der Waals surface area contributed by atoms with Gasteiger partial charge in [-0.05, 0) is 12.8 Å². The van der Waals surface area contributed by atoms with Crippen LogP contribution in [0.25, 0.3) is 0 Å². The molecule has 3 nitrogen and oxygen atoms in total. The van der Waals surface area contributed by atoms with Crippen molar-refractivity contribution in [1.82, 2.24) is 0 Å². The summed E-state index contributed by atoms with van der Waals surface area (Å²) < 4.78 is 0. The smallest absolute Gasteiger partial charge is 0.144 e. The van der Waals surface area contributed by atoms with Crippen molar-refractivity contribution in [2.45, 2.75) is 39.2 Å². The topological polar surface area (TPSA) is 57.5 Å². The Morgan fingerprint density at radius 1 is 1.62 bits per heavy atom. The molecule has 2 atom stereocenters. The summed E-state index contributed by atoms with van der Waals surface area (Å²) in [7, 11) is 0. The van der Waals surface area contributed by atoms with Gasteiger partial charge in [0.25, 0.3) is 0 Å². The molecule has 0 heterocycles. The average molecular weight is 186 g/mol. The fourth-order valence-corrected chi connectivity index (χ4v) is 2.01. The van der Waals surface area contributed by atoms with E-state index in [1.54, 1.807) is 0 Å². The van der Waals surface area contributed by atoms with Crippen LogP contribution in [0.5, 0.6) is 0 Å². The van der Waals surface area contributed by atoms with E-state index in [1.807, 2.05) is 13.8 Å². The molecule has 1 aliphatic carbocycles. The first-order chi connectivity index (χ1) is 5.99. The van der Waals surface area contributed by atoms with E-state index in [2.05, 4.69) is 0 Å². The molecule has 0 aromatic rings. The summed E-state index contributed by atoms with van der Waals surface area (Å²) >= 11 is 0. The summed E-state index contributed by atoms with van der Waals surface area (Å²) in [6.45, 7) is 3.50. The fraction of sp³-hybridized carbons (Fsp3) is 0.900. The minimum absolute atomic E-state index is 0.0975. The maximum Gasteiger partial charge on any atom is 0.144 e. The second-order valence-electron chi connectivity index (χ2n) is 4.50. The molecular weight excluding hydrogens is 168 g/mol. The summed E-state index contributed by atoms with van der Waals surface area (Å²) in [4.78, 5) is 11.8. The van der Waals surface area contributed by atoms with Crippen molar-refractivity contribution in [3.05, 3.63) is 0 Å². The van der Waals surface area contributed by atoms with Crippen LogP contribution in [-0.2, 0) is 4.79 Å². The van der Waals surface area contributed by atoms with Gasteiger partial charge in [0.05, 0.1) is 12.7 Å². The molecule has 0 bridgehead atoms. The van der Waals surface area contributed by atoms with Crippen LogP contribution in [0.2, 0.25) is 0 Å². The van der Waals surface area contributed by atoms with Gasteiger partial charge in [-0.3, -0.25) is 4.79 Å². The zero-order valence-electron chi connectivity index (χ0n) is 8.29. The lowest BCUT2D eigenvalue weighted by Crippen LogP contribution is -2.42. The highest BCUT2D eigenvalue weighted by molar-refractivity contribution is 5.87. The number of carbonyl (C=O) groups excluding carboxylic acids is 1. The zero-order valence-corrected chi connectivity index (χ0v) is 8.29. The number of aliphatic hydroxyl groups is 2. The summed E-state index contributed by atoms with van der Waals surface area (Å²) in [5, 5.41) is 18.2. The Kier molecular flexibility index (Phi) is 3.09. The maximum atomic E-state index is 11.8. The molecule has 0 spiro atoms. The highest BCUT2D eigenvalue weighted by Gasteiger charge is 2.40. The highest BCUT2D eigenvalue weighted by atomic mass is 16.3. The quantitative estimate of drug-likeness (QED) is 0.668. The van der Waals surface area contributed by atoms with Gasteiger partial charge in [-0.1, -0.05) is 20.3 Å². The van der Waals surface area contributed by atoms with Crippen LogP contribution >= 0.6 is 0 Å². The lowest BCUT2D eigenvalue weighted by Gasteiger charge is -2.35. The van der Waals surface area contributed by atoms with Gasteiger partial charge >= 0.3 is 0 Å². The molecule has 1 rings (SSSR count). The van der Waals surface area contributed by atoms with E-state index in [-0.39, 0.29) is 23.7 Å². The van der Waals surface area contributed by atoms with Gasteiger partial charge in [0.2, 0.25) is 0 Å². The number of carbonyl (C=O) groups is 1. The predicted molar refractivity (Wildman–Crippen MR) is 49.2 cm³/mol. The molecule has 13 heavy (non-hydrogen) atoms. The second-order valence-corrected chi connectivity index (χ2v) is 4.50. The normalized spacial score (nSPS) is 30.2. The molecule has 0 aliphatic heterocycles.